The molecule has 1 amide bonds. The normalized spacial score (nSPS) is 25.9. The van der Waals surface area contributed by atoms with Crippen LogP contribution in [0.3, 0.4) is 0 Å². The molecular formula is C17H24N2O4. The van der Waals surface area contributed by atoms with E-state index in [4.69, 9.17) is 19.9 Å². The van der Waals surface area contributed by atoms with E-state index in [0.717, 1.165) is 44.8 Å². The Morgan fingerprint density at radius 1 is 1.09 bits per heavy atom. The van der Waals surface area contributed by atoms with Crippen molar-refractivity contribution >= 4 is 5.91 Å². The molecule has 0 bridgehead atoms. The molecule has 3 N–H and O–H groups in total. The van der Waals surface area contributed by atoms with Gasteiger partial charge in [-0.15, -0.1) is 0 Å². The lowest BCUT2D eigenvalue weighted by molar-refractivity contribution is -0.0227. The van der Waals surface area contributed by atoms with Crippen LogP contribution in [0.2, 0.25) is 0 Å². The van der Waals surface area contributed by atoms with E-state index in [2.05, 4.69) is 5.32 Å². The number of primary amides is 1. The lowest BCUT2D eigenvalue weighted by Gasteiger charge is -2.36. The molecule has 2 aliphatic heterocycles. The number of amides is 1. The number of carbonyl (C=O) groups excluding carboxylic acids is 1. The summed E-state index contributed by atoms with van der Waals surface area (Å²) in [6.45, 7) is 2.96. The van der Waals surface area contributed by atoms with Crippen LogP contribution in [0.1, 0.15) is 29.6 Å². The maximum Gasteiger partial charge on any atom is 0.248 e. The second-order valence-electron chi connectivity index (χ2n) is 6.07. The molecule has 2 fully saturated rings. The Morgan fingerprint density at radius 3 is 2.48 bits per heavy atom. The van der Waals surface area contributed by atoms with Gasteiger partial charge in [0, 0.05) is 37.5 Å². The number of nitrogens with two attached hydrogens (primary N) is 1. The fraction of sp³-hybridized carbons (Fsp3) is 0.588. The summed E-state index contributed by atoms with van der Waals surface area (Å²) in [4.78, 5) is 11.1. The van der Waals surface area contributed by atoms with Gasteiger partial charge < -0.3 is 25.3 Å². The molecule has 2 saturated heterocycles. The zero-order valence-corrected chi connectivity index (χ0v) is 13.2. The standard InChI is InChI=1S/C17H24N2O4/c18-17(20)12-1-3-14(4-2-12)23-16-11-22-10-7-15(16)19-13-5-8-21-9-6-13/h1-4,13,15-16,19H,5-11H2,(H2,18,20)/t15-,16-/m1/s1. The number of hydrogen-bond donors (Lipinski definition) is 2. The van der Waals surface area contributed by atoms with Crippen molar-refractivity contribution in [3.8, 4) is 5.75 Å². The molecule has 1 aromatic rings. The fourth-order valence-electron chi connectivity index (χ4n) is 3.06. The Balaban J connectivity index is 1.60. The van der Waals surface area contributed by atoms with Crippen molar-refractivity contribution in [3.05, 3.63) is 29.8 Å². The highest BCUT2D eigenvalue weighted by atomic mass is 16.5. The summed E-state index contributed by atoms with van der Waals surface area (Å²) >= 11 is 0. The van der Waals surface area contributed by atoms with Gasteiger partial charge in [0.15, 0.2) is 0 Å². The van der Waals surface area contributed by atoms with Crippen LogP contribution in [0.5, 0.6) is 5.75 Å². The smallest absolute Gasteiger partial charge is 0.248 e. The van der Waals surface area contributed by atoms with Crippen LogP contribution in [-0.2, 0) is 9.47 Å². The minimum Gasteiger partial charge on any atom is -0.486 e. The number of ether oxygens (including phenoxy) is 3. The SMILES string of the molecule is NC(=O)c1ccc(O[C@@H]2COCC[C@H]2NC2CCOCC2)cc1. The molecule has 3 rings (SSSR count). The summed E-state index contributed by atoms with van der Waals surface area (Å²) in [5.41, 5.74) is 5.73. The van der Waals surface area contributed by atoms with Gasteiger partial charge in [-0.25, -0.2) is 0 Å². The summed E-state index contributed by atoms with van der Waals surface area (Å²) < 4.78 is 17.1. The van der Waals surface area contributed by atoms with Crippen molar-refractivity contribution in [1.82, 2.24) is 5.32 Å². The molecule has 0 unspecified atom stereocenters. The van der Waals surface area contributed by atoms with E-state index in [1.54, 1.807) is 24.3 Å². The Labute approximate surface area is 136 Å². The van der Waals surface area contributed by atoms with E-state index in [0.29, 0.717) is 18.2 Å². The van der Waals surface area contributed by atoms with Crippen molar-refractivity contribution in [3.63, 3.8) is 0 Å². The molecule has 0 saturated carbocycles. The Morgan fingerprint density at radius 2 is 1.78 bits per heavy atom. The van der Waals surface area contributed by atoms with Gasteiger partial charge in [0.05, 0.1) is 6.61 Å². The quantitative estimate of drug-likeness (QED) is 0.848. The topological polar surface area (TPSA) is 82.8 Å². The number of rotatable bonds is 5. The van der Waals surface area contributed by atoms with Crippen molar-refractivity contribution in [1.29, 1.82) is 0 Å². The Bertz CT molecular complexity index is 514. The monoisotopic (exact) mass is 320 g/mol. The van der Waals surface area contributed by atoms with E-state index in [9.17, 15) is 4.79 Å². The van der Waals surface area contributed by atoms with Crippen LogP contribution in [0, 0.1) is 0 Å². The van der Waals surface area contributed by atoms with E-state index in [-0.39, 0.29) is 12.1 Å². The molecule has 126 valence electrons. The first-order chi connectivity index (χ1) is 11.2. The van der Waals surface area contributed by atoms with Gasteiger partial charge in [0.1, 0.15) is 11.9 Å². The summed E-state index contributed by atoms with van der Waals surface area (Å²) in [7, 11) is 0. The second-order valence-corrected chi connectivity index (χ2v) is 6.07. The van der Waals surface area contributed by atoms with Crippen LogP contribution in [0.25, 0.3) is 0 Å². The molecule has 0 aromatic heterocycles. The zero-order valence-electron chi connectivity index (χ0n) is 13.2. The van der Waals surface area contributed by atoms with E-state index < -0.39 is 5.91 Å². The Hall–Kier alpha value is -1.63. The van der Waals surface area contributed by atoms with Crippen molar-refractivity contribution < 1.29 is 19.0 Å². The molecule has 2 heterocycles. The van der Waals surface area contributed by atoms with Crippen molar-refractivity contribution in [2.45, 2.75) is 37.5 Å². The molecule has 2 aliphatic rings. The predicted octanol–water partition coefficient (Wildman–Crippen LogP) is 1.09. The third-order valence-electron chi connectivity index (χ3n) is 4.40. The summed E-state index contributed by atoms with van der Waals surface area (Å²) in [5, 5.41) is 3.70. The number of benzene rings is 1. The van der Waals surface area contributed by atoms with Crippen LogP contribution in [0.4, 0.5) is 0 Å². The Kier molecular flexibility index (Phi) is 5.48. The van der Waals surface area contributed by atoms with Gasteiger partial charge in [-0.2, -0.15) is 0 Å². The van der Waals surface area contributed by atoms with Gasteiger partial charge in [-0.3, -0.25) is 4.79 Å². The maximum atomic E-state index is 11.1. The summed E-state index contributed by atoms with van der Waals surface area (Å²) in [5.74, 6) is 0.292. The maximum absolute atomic E-state index is 11.1. The molecule has 23 heavy (non-hydrogen) atoms. The average molecular weight is 320 g/mol. The van der Waals surface area contributed by atoms with Crippen LogP contribution in [0.15, 0.2) is 24.3 Å². The zero-order chi connectivity index (χ0) is 16.1. The molecule has 2 atom stereocenters. The van der Waals surface area contributed by atoms with E-state index in [1.807, 2.05) is 0 Å². The highest BCUT2D eigenvalue weighted by molar-refractivity contribution is 5.92. The minimum atomic E-state index is -0.434. The highest BCUT2D eigenvalue weighted by Crippen LogP contribution is 2.20. The van der Waals surface area contributed by atoms with Crippen molar-refractivity contribution in [2.75, 3.05) is 26.4 Å². The third-order valence-corrected chi connectivity index (χ3v) is 4.40. The van der Waals surface area contributed by atoms with Crippen LogP contribution in [-0.4, -0.2) is 50.5 Å². The number of carbonyl (C=O) groups is 1. The first-order valence-electron chi connectivity index (χ1n) is 8.20. The third kappa shape index (κ3) is 4.43. The lowest BCUT2D eigenvalue weighted by Crippen LogP contribution is -2.53. The molecule has 6 heteroatoms. The van der Waals surface area contributed by atoms with Gasteiger partial charge in [0.25, 0.3) is 0 Å². The molecule has 1 aromatic carbocycles. The first-order valence-corrected chi connectivity index (χ1v) is 8.20. The molecule has 0 spiro atoms. The van der Waals surface area contributed by atoms with Gasteiger partial charge in [-0.05, 0) is 43.5 Å². The summed E-state index contributed by atoms with van der Waals surface area (Å²) in [6, 6.07) is 7.67. The van der Waals surface area contributed by atoms with Gasteiger partial charge in [0.2, 0.25) is 5.91 Å². The summed E-state index contributed by atoms with van der Waals surface area (Å²) in [6.07, 6.45) is 2.97. The second kappa shape index (κ2) is 7.77. The van der Waals surface area contributed by atoms with Crippen molar-refractivity contribution in [2.24, 2.45) is 5.73 Å². The minimum absolute atomic E-state index is 0.0361. The molecule has 0 radical (unpaired) electrons. The van der Waals surface area contributed by atoms with E-state index >= 15 is 0 Å². The lowest BCUT2D eigenvalue weighted by atomic mass is 10.0. The van der Waals surface area contributed by atoms with Gasteiger partial charge >= 0.3 is 0 Å². The van der Waals surface area contributed by atoms with Crippen LogP contribution >= 0.6 is 0 Å². The van der Waals surface area contributed by atoms with Crippen LogP contribution < -0.4 is 15.8 Å². The average Bonchev–Trinajstić information content (AvgIpc) is 2.58. The number of nitrogens with one attached hydrogen (secondary N) is 1. The van der Waals surface area contributed by atoms with E-state index in [1.165, 1.54) is 0 Å². The fourth-order valence-corrected chi connectivity index (χ4v) is 3.06. The molecule has 6 nitrogen and oxygen atoms in total. The molecule has 0 aliphatic carbocycles. The number of hydrogen-bond acceptors (Lipinski definition) is 5. The highest BCUT2D eigenvalue weighted by Gasteiger charge is 2.30. The molecular weight excluding hydrogens is 296 g/mol. The largest absolute Gasteiger partial charge is 0.486 e. The predicted molar refractivity (Wildman–Crippen MR) is 85.6 cm³/mol. The van der Waals surface area contributed by atoms with Gasteiger partial charge in [-0.1, -0.05) is 0 Å². The first kappa shape index (κ1) is 16.2.